The smallest absolute Gasteiger partial charge is 0.238 e. The van der Waals surface area contributed by atoms with Crippen LogP contribution in [0.2, 0.25) is 10.3 Å². The van der Waals surface area contributed by atoms with Crippen LogP contribution in [0, 0.1) is 0 Å². The lowest BCUT2D eigenvalue weighted by molar-refractivity contribution is 0.597. The normalized spacial score (nSPS) is 17.4. The van der Waals surface area contributed by atoms with Crippen molar-refractivity contribution in [2.24, 2.45) is 5.14 Å². The molecule has 2 N–H and O–H groups in total. The fourth-order valence-corrected chi connectivity index (χ4v) is 3.96. The first-order valence-corrected chi connectivity index (χ1v) is 9.28. The summed E-state index contributed by atoms with van der Waals surface area (Å²) in [7, 11) is -3.69. The van der Waals surface area contributed by atoms with Gasteiger partial charge in [0.1, 0.15) is 10.3 Å². The molecule has 3 rings (SSSR count). The van der Waals surface area contributed by atoms with Crippen LogP contribution in [0.25, 0.3) is 0 Å². The van der Waals surface area contributed by atoms with Crippen LogP contribution in [0.3, 0.4) is 0 Å². The van der Waals surface area contributed by atoms with E-state index in [0.717, 1.165) is 23.2 Å². The predicted octanol–water partition coefficient (Wildman–Crippen LogP) is 2.99. The van der Waals surface area contributed by atoms with Crippen LogP contribution in [0.5, 0.6) is 0 Å². The van der Waals surface area contributed by atoms with Gasteiger partial charge in [0.15, 0.2) is 0 Å². The van der Waals surface area contributed by atoms with Crippen LogP contribution in [0.15, 0.2) is 35.2 Å². The number of anilines is 1. The zero-order valence-electron chi connectivity index (χ0n) is 12.3. The topological polar surface area (TPSA) is 76.3 Å². The molecule has 0 spiro atoms. The van der Waals surface area contributed by atoms with Crippen molar-refractivity contribution in [2.75, 3.05) is 4.90 Å². The number of fused-ring (bicyclic) bond motifs is 1. The molecule has 23 heavy (non-hydrogen) atoms. The number of hydrogen-bond acceptors (Lipinski definition) is 4. The van der Waals surface area contributed by atoms with E-state index in [1.54, 1.807) is 24.3 Å². The van der Waals surface area contributed by atoms with Gasteiger partial charge in [-0.3, -0.25) is 0 Å². The van der Waals surface area contributed by atoms with Crippen molar-refractivity contribution in [3.05, 3.63) is 51.8 Å². The Morgan fingerprint density at radius 3 is 2.52 bits per heavy atom. The molecule has 0 saturated heterocycles. The Hall–Kier alpha value is -1.34. The molecule has 0 amide bonds. The summed E-state index contributed by atoms with van der Waals surface area (Å²) in [4.78, 5) is 6.27. The molecule has 0 bridgehead atoms. The van der Waals surface area contributed by atoms with Crippen molar-refractivity contribution in [3.63, 3.8) is 0 Å². The zero-order chi connectivity index (χ0) is 16.8. The van der Waals surface area contributed by atoms with Gasteiger partial charge in [0.2, 0.25) is 10.0 Å². The van der Waals surface area contributed by atoms with Gasteiger partial charge in [0.25, 0.3) is 0 Å². The summed E-state index contributed by atoms with van der Waals surface area (Å²) in [6.45, 7) is 2.70. The molecule has 5 nitrogen and oxygen atoms in total. The quantitative estimate of drug-likeness (QED) is 0.841. The van der Waals surface area contributed by atoms with Crippen LogP contribution < -0.4 is 10.0 Å². The number of aromatic nitrogens is 1. The number of rotatable bonds is 3. The molecule has 2 heterocycles. The molecule has 1 aliphatic heterocycles. The van der Waals surface area contributed by atoms with Crippen LogP contribution >= 0.6 is 23.2 Å². The van der Waals surface area contributed by atoms with Crippen molar-refractivity contribution >= 4 is 38.9 Å². The van der Waals surface area contributed by atoms with E-state index in [0.29, 0.717) is 16.9 Å². The second-order valence-electron chi connectivity index (χ2n) is 5.64. The summed E-state index contributed by atoms with van der Waals surface area (Å²) in [6.07, 6.45) is 0.755. The fourth-order valence-electron chi connectivity index (χ4n) is 2.89. The molecule has 8 heteroatoms. The van der Waals surface area contributed by atoms with E-state index in [1.807, 2.05) is 0 Å². The third-order valence-electron chi connectivity index (χ3n) is 3.91. The molecule has 0 radical (unpaired) electrons. The second kappa shape index (κ2) is 5.94. The fraction of sp³-hybridized carbons (Fsp3) is 0.267. The van der Waals surface area contributed by atoms with E-state index < -0.39 is 10.0 Å². The number of primary sulfonamides is 1. The molecule has 0 saturated carbocycles. The minimum Gasteiger partial charge on any atom is -0.364 e. The highest BCUT2D eigenvalue weighted by molar-refractivity contribution is 7.89. The Bertz CT molecular complexity index is 851. The van der Waals surface area contributed by atoms with Gasteiger partial charge in [-0.05, 0) is 54.8 Å². The Balaban J connectivity index is 1.94. The van der Waals surface area contributed by atoms with Gasteiger partial charge in [-0.15, -0.1) is 0 Å². The van der Waals surface area contributed by atoms with E-state index >= 15 is 0 Å². The third kappa shape index (κ3) is 3.45. The van der Waals surface area contributed by atoms with Crippen molar-refractivity contribution in [1.82, 2.24) is 4.98 Å². The lowest BCUT2D eigenvalue weighted by atomic mass is 10.1. The van der Waals surface area contributed by atoms with Crippen LogP contribution in [0.4, 0.5) is 5.69 Å². The maximum absolute atomic E-state index is 11.5. The number of hydrogen-bond donors (Lipinski definition) is 1. The Morgan fingerprint density at radius 2 is 1.91 bits per heavy atom. The summed E-state index contributed by atoms with van der Waals surface area (Å²) in [5.74, 6) is 0. The van der Waals surface area contributed by atoms with Crippen molar-refractivity contribution in [3.8, 4) is 0 Å². The SMILES string of the molecule is C[C@H]1Cc2cc(S(N)(=O)=O)ccc2N1Cc1cc(Cl)nc(Cl)c1. The zero-order valence-corrected chi connectivity index (χ0v) is 14.7. The summed E-state index contributed by atoms with van der Waals surface area (Å²) >= 11 is 11.9. The van der Waals surface area contributed by atoms with Gasteiger partial charge in [-0.2, -0.15) is 0 Å². The first-order chi connectivity index (χ1) is 10.7. The average Bonchev–Trinajstić information content (AvgIpc) is 2.72. The first-order valence-electron chi connectivity index (χ1n) is 6.98. The number of sulfonamides is 1. The lowest BCUT2D eigenvalue weighted by Gasteiger charge is -2.25. The predicted molar refractivity (Wildman–Crippen MR) is 91.4 cm³/mol. The van der Waals surface area contributed by atoms with Gasteiger partial charge in [-0.25, -0.2) is 18.5 Å². The Morgan fingerprint density at radius 1 is 1.26 bits per heavy atom. The molecule has 1 aliphatic rings. The van der Waals surface area contributed by atoms with E-state index in [-0.39, 0.29) is 10.9 Å². The molecule has 122 valence electrons. The Kier molecular flexibility index (Phi) is 4.27. The van der Waals surface area contributed by atoms with Gasteiger partial charge >= 0.3 is 0 Å². The van der Waals surface area contributed by atoms with Crippen molar-refractivity contribution in [1.29, 1.82) is 0 Å². The highest BCUT2D eigenvalue weighted by atomic mass is 35.5. The van der Waals surface area contributed by atoms with E-state index in [2.05, 4.69) is 16.8 Å². The lowest BCUT2D eigenvalue weighted by Crippen LogP contribution is -2.28. The standard InChI is InChI=1S/C15H15Cl2N3O2S/c1-9-4-11-7-12(23(18,21)22)2-3-13(11)20(9)8-10-5-14(16)19-15(17)6-10/h2-3,5-7,9H,4,8H2,1H3,(H2,18,21,22)/t9-/m0/s1. The summed E-state index contributed by atoms with van der Waals surface area (Å²) in [6, 6.07) is 8.75. The van der Waals surface area contributed by atoms with Gasteiger partial charge in [0.05, 0.1) is 4.90 Å². The third-order valence-corrected chi connectivity index (χ3v) is 5.21. The molecule has 2 aromatic rings. The number of nitrogens with two attached hydrogens (primary N) is 1. The van der Waals surface area contributed by atoms with Crippen LogP contribution in [-0.2, 0) is 23.0 Å². The van der Waals surface area contributed by atoms with Crippen molar-refractivity contribution in [2.45, 2.75) is 30.8 Å². The number of halogens is 2. The van der Waals surface area contributed by atoms with Gasteiger partial charge in [-0.1, -0.05) is 23.2 Å². The molecule has 1 atom stereocenters. The summed E-state index contributed by atoms with van der Waals surface area (Å²) in [5, 5.41) is 5.90. The first kappa shape index (κ1) is 16.5. The Labute approximate surface area is 145 Å². The van der Waals surface area contributed by atoms with Gasteiger partial charge < -0.3 is 4.90 Å². The maximum Gasteiger partial charge on any atom is 0.238 e. The molecule has 1 aromatic heterocycles. The van der Waals surface area contributed by atoms with E-state index in [9.17, 15) is 8.42 Å². The average molecular weight is 372 g/mol. The molecule has 1 aromatic carbocycles. The molecule has 0 unspecified atom stereocenters. The monoisotopic (exact) mass is 371 g/mol. The molecular formula is C15H15Cl2N3O2S. The highest BCUT2D eigenvalue weighted by Gasteiger charge is 2.27. The minimum atomic E-state index is -3.69. The largest absolute Gasteiger partial charge is 0.364 e. The number of nitrogens with zero attached hydrogens (tertiary/aromatic N) is 2. The maximum atomic E-state index is 11.5. The van der Waals surface area contributed by atoms with Gasteiger partial charge in [0, 0.05) is 18.3 Å². The molecule has 0 aliphatic carbocycles. The summed E-state index contributed by atoms with van der Waals surface area (Å²) < 4.78 is 23.0. The molecular weight excluding hydrogens is 357 g/mol. The van der Waals surface area contributed by atoms with Crippen molar-refractivity contribution < 1.29 is 8.42 Å². The minimum absolute atomic E-state index is 0.139. The highest BCUT2D eigenvalue weighted by Crippen LogP contribution is 2.35. The molecule has 0 fully saturated rings. The number of benzene rings is 1. The van der Waals surface area contributed by atoms with E-state index in [1.165, 1.54) is 6.07 Å². The number of pyridine rings is 1. The second-order valence-corrected chi connectivity index (χ2v) is 7.97. The summed E-state index contributed by atoms with van der Waals surface area (Å²) in [5.41, 5.74) is 2.91. The van der Waals surface area contributed by atoms with Crippen LogP contribution in [0.1, 0.15) is 18.1 Å². The van der Waals surface area contributed by atoms with E-state index in [4.69, 9.17) is 28.3 Å². The van der Waals surface area contributed by atoms with Crippen LogP contribution in [-0.4, -0.2) is 19.4 Å².